The third kappa shape index (κ3) is 13.0. The number of carbonyl (C=O) groups excluding carboxylic acids is 3. The highest BCUT2D eigenvalue weighted by molar-refractivity contribution is 6.31. The van der Waals surface area contributed by atoms with Crippen LogP contribution in [0.1, 0.15) is 129 Å². The Bertz CT molecular complexity index is 4590. The molecule has 0 aliphatic carbocycles. The maximum atomic E-state index is 13.8. The normalized spacial score (nSPS) is 24.1. The average molecular weight is 1390 g/mol. The number of ketones is 3. The smallest absolute Gasteiger partial charge is 0.179 e. The van der Waals surface area contributed by atoms with Crippen LogP contribution < -0.4 is 0 Å². The third-order valence-electron chi connectivity index (χ3n) is 23.2. The molecule has 15 nitrogen and oxygen atoms in total. The average Bonchev–Trinajstić information content (AvgIpc) is 1.61. The van der Waals surface area contributed by atoms with Crippen LogP contribution in [0.4, 0.5) is 0 Å². The van der Waals surface area contributed by atoms with E-state index >= 15 is 0 Å². The van der Waals surface area contributed by atoms with E-state index in [1.54, 1.807) is 0 Å². The fourth-order valence-electron chi connectivity index (χ4n) is 18.3. The second kappa shape index (κ2) is 28.4. The molecular weight excluding hydrogens is 1310 g/mol. The molecule has 8 fully saturated rings. The Kier molecular flexibility index (Phi) is 19.5. The van der Waals surface area contributed by atoms with E-state index in [0.717, 1.165) is 186 Å². The lowest BCUT2D eigenvalue weighted by Crippen LogP contribution is -2.36. The van der Waals surface area contributed by atoms with Gasteiger partial charge >= 0.3 is 0 Å². The summed E-state index contributed by atoms with van der Waals surface area (Å²) in [5.74, 6) is 1.85. The van der Waals surface area contributed by atoms with Crippen LogP contribution >= 0.6 is 34.8 Å². The number of nitriles is 1. The summed E-state index contributed by atoms with van der Waals surface area (Å²) in [5, 5.41) is 44.4. The van der Waals surface area contributed by atoms with E-state index in [-0.39, 0.29) is 48.2 Å². The van der Waals surface area contributed by atoms with Gasteiger partial charge in [0.05, 0.1) is 80.9 Å². The molecule has 3 N–H and O–H groups in total. The van der Waals surface area contributed by atoms with Gasteiger partial charge in [-0.25, -0.2) is 0 Å². The van der Waals surface area contributed by atoms with E-state index in [1.807, 2.05) is 98.8 Å². The summed E-state index contributed by atoms with van der Waals surface area (Å²) in [5.41, 5.74) is 14.8. The molecule has 8 aliphatic rings. The molecule has 6 bridgehead atoms. The van der Waals surface area contributed by atoms with Gasteiger partial charge in [-0.2, -0.15) is 5.26 Å². The highest BCUT2D eigenvalue weighted by Gasteiger charge is 2.49. The van der Waals surface area contributed by atoms with Gasteiger partial charge in [0.15, 0.2) is 17.3 Å². The van der Waals surface area contributed by atoms with Crippen molar-refractivity contribution in [3.63, 3.8) is 0 Å². The minimum Gasteiger partial charge on any atom is -0.396 e. The number of aliphatic hydroxyl groups excluding tert-OH is 3. The number of carbonyl (C=O) groups is 3. The molecule has 8 aliphatic heterocycles. The molecule has 18 heteroatoms. The van der Waals surface area contributed by atoms with Gasteiger partial charge in [-0.3, -0.25) is 29.1 Å². The molecule has 9 aromatic rings. The van der Waals surface area contributed by atoms with Crippen molar-refractivity contribution in [1.29, 1.82) is 5.26 Å². The first kappa shape index (κ1) is 67.8. The van der Waals surface area contributed by atoms with Crippen LogP contribution in [0.15, 0.2) is 127 Å². The Hall–Kier alpha value is -7.01. The van der Waals surface area contributed by atoms with Crippen molar-refractivity contribution in [3.8, 4) is 23.1 Å². The van der Waals surface area contributed by atoms with Crippen molar-refractivity contribution in [2.45, 2.75) is 153 Å². The van der Waals surface area contributed by atoms with Gasteiger partial charge in [0.25, 0.3) is 0 Å². The molecule has 514 valence electrons. The van der Waals surface area contributed by atoms with Crippen LogP contribution in [0.25, 0.3) is 49.8 Å². The zero-order valence-electron chi connectivity index (χ0n) is 56.5. The Morgan fingerprint density at radius 1 is 0.475 bits per heavy atom. The predicted octanol–water partition coefficient (Wildman–Crippen LogP) is 14.2. The molecule has 11 heterocycles. The van der Waals surface area contributed by atoms with Crippen LogP contribution in [-0.2, 0) is 28.7 Å². The van der Waals surface area contributed by atoms with Gasteiger partial charge in [-0.1, -0.05) is 71.2 Å². The lowest BCUT2D eigenvalue weighted by Gasteiger charge is -2.26. The number of aromatic nitrogens is 3. The van der Waals surface area contributed by atoms with Crippen LogP contribution in [-0.4, -0.2) is 162 Å². The van der Waals surface area contributed by atoms with Gasteiger partial charge in [-0.05, 0) is 211 Å². The number of rotatable bonds is 19. The maximum Gasteiger partial charge on any atom is 0.179 e. The molecule has 0 saturated carbocycles. The summed E-state index contributed by atoms with van der Waals surface area (Å²) in [7, 11) is 0. The van der Waals surface area contributed by atoms with Crippen molar-refractivity contribution >= 4 is 84.9 Å². The van der Waals surface area contributed by atoms with Gasteiger partial charge < -0.3 is 38.5 Å². The number of nitrogens with zero attached hydrogens (tertiary/aromatic N) is 7. The molecule has 0 radical (unpaired) electrons. The zero-order valence-corrected chi connectivity index (χ0v) is 58.7. The van der Waals surface area contributed by atoms with E-state index in [2.05, 4.69) is 83.9 Å². The standard InChI is InChI=1S/C28H31ClN2O3.C27H29ClN2O3.C26H26ClN3O2/c1-17-28(27(33)13-30-23-7-9-25(30)20(12-23)14-32)24-8-2-18(10-19-15-34-16-19)11-26(24)31(17)22-5-3-21(29)4-6-22;1-16-27(26(32)13-29-21-7-9-23(29)25(31)12-21)22-8-2-17(10-18-14-33-15-18)11-24(22)30(16)20-5-3-19(28)4-6-20;1-16-26(25(32)15-29-20-9-11-22(29)24(31)14-20)21-10-4-17(3-2-12-28)13-23(21)30(16)19-7-5-18(27)6-8-19/h2-6,8,11,19-20,23,25,32H,7,9-10,12-16H2,1H3;2-6,8,11,18,21,23,25,31H,7,9-10,12-15H2,1H3;4-8,10,13,20,22,24,31H,2-3,9,11,14-15H2,1H3/t20-,23?,25?;21?,23?,25-;20?,22?,24-/m100/s1. The number of hydrogen-bond donors (Lipinski definition) is 3. The lowest BCUT2D eigenvalue weighted by molar-refractivity contribution is -0.0312. The van der Waals surface area contributed by atoms with Crippen molar-refractivity contribution < 1.29 is 39.2 Å². The summed E-state index contributed by atoms with van der Waals surface area (Å²) in [6.07, 6.45) is 11.4. The van der Waals surface area contributed by atoms with Gasteiger partial charge in [0.1, 0.15) is 0 Å². The molecule has 99 heavy (non-hydrogen) atoms. The summed E-state index contributed by atoms with van der Waals surface area (Å²) < 4.78 is 17.2. The van der Waals surface area contributed by atoms with Crippen molar-refractivity contribution in [1.82, 2.24) is 28.4 Å². The Balaban J connectivity index is 0.000000121. The van der Waals surface area contributed by atoms with Crippen molar-refractivity contribution in [2.24, 2.45) is 17.8 Å². The molecule has 6 aromatic carbocycles. The number of fused-ring (bicyclic) bond motifs is 9. The summed E-state index contributed by atoms with van der Waals surface area (Å²) in [6.45, 7) is 10.7. The SMILES string of the molecule is Cc1c(C(=O)CN2C3CCC2[C@@H](CO)C3)c2ccc(CC3COC3)cc2n1-c1ccc(Cl)cc1.Cc1c(C(=O)CN2C3CCC2[C@@H](O)C3)c2ccc(CC3COC3)cc2n1-c1ccc(Cl)cc1.Cc1c(C(=O)CN2C3CCC2[C@@H](O)C3)c2ccc(CCC#N)cc2n1-c1ccc(Cl)cc1. The highest BCUT2D eigenvalue weighted by atomic mass is 35.5. The van der Waals surface area contributed by atoms with E-state index in [4.69, 9.17) is 49.5 Å². The van der Waals surface area contributed by atoms with E-state index in [1.165, 1.54) is 11.1 Å². The van der Waals surface area contributed by atoms with Crippen molar-refractivity contribution in [2.75, 3.05) is 52.7 Å². The van der Waals surface area contributed by atoms with Gasteiger partial charge in [0, 0.05) is 143 Å². The summed E-state index contributed by atoms with van der Waals surface area (Å²) in [6, 6.07) is 46.3. The minimum atomic E-state index is -0.319. The van der Waals surface area contributed by atoms with E-state index in [9.17, 15) is 29.7 Å². The predicted molar refractivity (Wildman–Crippen MR) is 389 cm³/mol. The number of benzene rings is 6. The maximum absolute atomic E-state index is 13.8. The minimum absolute atomic E-state index is 0.0935. The van der Waals surface area contributed by atoms with Gasteiger partial charge in [0.2, 0.25) is 0 Å². The topological polar surface area (TPSA) is 179 Å². The van der Waals surface area contributed by atoms with E-state index < -0.39 is 0 Å². The number of halogens is 3. The molecule has 17 rings (SSSR count). The molecule has 3 aromatic heterocycles. The Labute approximate surface area is 593 Å². The number of aryl methyl sites for hydroxylation is 1. The summed E-state index contributed by atoms with van der Waals surface area (Å²) in [4.78, 5) is 47.9. The quantitative estimate of drug-likeness (QED) is 0.0654. The molecule has 0 amide bonds. The van der Waals surface area contributed by atoms with Crippen LogP contribution in [0.2, 0.25) is 15.1 Å². The van der Waals surface area contributed by atoms with Crippen LogP contribution in [0, 0.1) is 49.9 Å². The lowest BCUT2D eigenvalue weighted by atomic mass is 9.90. The molecule has 8 saturated heterocycles. The molecule has 9 atom stereocenters. The molecule has 0 spiro atoms. The largest absolute Gasteiger partial charge is 0.396 e. The Morgan fingerprint density at radius 2 is 0.818 bits per heavy atom. The first-order chi connectivity index (χ1) is 48.0. The van der Waals surface area contributed by atoms with Crippen LogP contribution in [0.5, 0.6) is 0 Å². The fraction of sp³-hybridized carbons (Fsp3) is 0.432. The molecular formula is C81H86Cl3N7O8. The second-order valence-corrected chi connectivity index (χ2v) is 30.5. The fourth-order valence-corrected chi connectivity index (χ4v) is 18.7. The van der Waals surface area contributed by atoms with Crippen molar-refractivity contribution in [3.05, 3.63) is 193 Å². The second-order valence-electron chi connectivity index (χ2n) is 29.2. The first-order valence-electron chi connectivity index (χ1n) is 35.6. The third-order valence-corrected chi connectivity index (χ3v) is 24.0. The van der Waals surface area contributed by atoms with E-state index in [0.29, 0.717) is 89.5 Å². The zero-order chi connectivity index (χ0) is 68.5. The van der Waals surface area contributed by atoms with Crippen LogP contribution in [0.3, 0.4) is 0 Å². The number of ether oxygens (including phenoxy) is 2. The number of hydrogen-bond acceptors (Lipinski definition) is 12. The summed E-state index contributed by atoms with van der Waals surface area (Å²) >= 11 is 18.4. The monoisotopic (exact) mass is 1390 g/mol. The first-order valence-corrected chi connectivity index (χ1v) is 36.7. The Morgan fingerprint density at radius 3 is 1.13 bits per heavy atom. The number of aliphatic hydroxyl groups is 3. The molecule has 6 unspecified atom stereocenters. The number of Topliss-reactive ketones (excluding diaryl/α,β-unsaturated/α-hetero) is 3. The van der Waals surface area contributed by atoms with Gasteiger partial charge in [-0.15, -0.1) is 0 Å². The highest BCUT2D eigenvalue weighted by Crippen LogP contribution is 2.44.